The van der Waals surface area contributed by atoms with Crippen LogP contribution >= 0.6 is 10.8 Å². The van der Waals surface area contributed by atoms with Crippen LogP contribution in [-0.4, -0.2) is 31.2 Å². The molecule has 1 aromatic rings. The first-order valence-electron chi connectivity index (χ1n) is 3.91. The molecule has 0 aromatic carbocycles. The van der Waals surface area contributed by atoms with E-state index in [1.165, 1.54) is 12.3 Å². The van der Waals surface area contributed by atoms with Crippen LogP contribution in [0.4, 0.5) is 0 Å². The summed E-state index contributed by atoms with van der Waals surface area (Å²) in [6, 6.07) is 3.04. The molecule has 0 spiro atoms. The van der Waals surface area contributed by atoms with Crippen LogP contribution in [0.2, 0.25) is 0 Å². The number of hydrogen-bond donors (Lipinski definition) is 1. The van der Waals surface area contributed by atoms with Gasteiger partial charge in [-0.15, -0.1) is 0 Å². The van der Waals surface area contributed by atoms with E-state index in [0.29, 0.717) is 0 Å². The van der Waals surface area contributed by atoms with Crippen LogP contribution in [0.25, 0.3) is 0 Å². The molecule has 0 saturated carbocycles. The first-order chi connectivity index (χ1) is 6.99. The van der Waals surface area contributed by atoms with Gasteiger partial charge in [0.1, 0.15) is 9.15 Å². The minimum atomic E-state index is -4.28. The third-order valence-electron chi connectivity index (χ3n) is 1.36. The van der Waals surface area contributed by atoms with E-state index in [9.17, 15) is 17.8 Å². The minimum absolute atomic E-state index is 0. The number of carbonyl (C=O) groups excluding carboxylic acids is 1. The molecule has 0 atom stereocenters. The van der Waals surface area contributed by atoms with Crippen LogP contribution in [0.15, 0.2) is 22.8 Å². The van der Waals surface area contributed by atoms with Crippen molar-refractivity contribution in [1.29, 1.82) is 0 Å². The van der Waals surface area contributed by atoms with E-state index < -0.39 is 15.1 Å². The minimum Gasteiger partial charge on any atom is -0.739 e. The molecule has 0 aliphatic rings. The zero-order valence-corrected chi connectivity index (χ0v) is 12.1. The standard InChI is InChI=1S/C7H9NO5S2.Na/c9-7(6-2-1-4-13-6)8-3-5-14-15(10,11)12;/h1-2,4H,3,5H2,(H,8,9)(H,10,11,12);/q;+1/p-1. The molecule has 1 aromatic heterocycles. The Balaban J connectivity index is 0.00000225. The Morgan fingerprint density at radius 3 is 2.75 bits per heavy atom. The van der Waals surface area contributed by atoms with Gasteiger partial charge in [-0.1, -0.05) is 0 Å². The van der Waals surface area contributed by atoms with Gasteiger partial charge in [-0.3, -0.25) is 4.79 Å². The molecule has 0 bridgehead atoms. The summed E-state index contributed by atoms with van der Waals surface area (Å²) in [5.41, 5.74) is 0. The monoisotopic (exact) mass is 273 g/mol. The molecule has 0 radical (unpaired) electrons. The van der Waals surface area contributed by atoms with Crippen molar-refractivity contribution in [3.05, 3.63) is 24.2 Å². The third-order valence-corrected chi connectivity index (χ3v) is 3.39. The second-order valence-electron chi connectivity index (χ2n) is 2.46. The summed E-state index contributed by atoms with van der Waals surface area (Å²) in [4.78, 5) is 11.2. The average molecular weight is 273 g/mol. The van der Waals surface area contributed by atoms with Crippen molar-refractivity contribution in [1.82, 2.24) is 5.32 Å². The molecule has 0 aliphatic carbocycles. The Morgan fingerprint density at radius 2 is 2.25 bits per heavy atom. The van der Waals surface area contributed by atoms with E-state index >= 15 is 0 Å². The van der Waals surface area contributed by atoms with Gasteiger partial charge in [0.25, 0.3) is 5.91 Å². The fraction of sp³-hybridized carbons (Fsp3) is 0.286. The van der Waals surface area contributed by atoms with E-state index in [0.717, 1.165) is 0 Å². The van der Waals surface area contributed by atoms with Crippen LogP contribution < -0.4 is 34.9 Å². The van der Waals surface area contributed by atoms with Gasteiger partial charge in [-0.25, -0.2) is 8.42 Å². The molecule has 0 fully saturated rings. The number of rotatable bonds is 5. The van der Waals surface area contributed by atoms with Crippen molar-refractivity contribution < 1.29 is 51.7 Å². The van der Waals surface area contributed by atoms with Crippen LogP contribution in [0.3, 0.4) is 0 Å². The normalized spacial score (nSPS) is 10.6. The third kappa shape index (κ3) is 6.56. The largest absolute Gasteiger partial charge is 1.00 e. The van der Waals surface area contributed by atoms with Gasteiger partial charge in [-0.05, 0) is 22.9 Å². The maximum atomic E-state index is 11.2. The molecule has 6 nitrogen and oxygen atoms in total. The van der Waals surface area contributed by atoms with E-state index in [1.807, 2.05) is 0 Å². The molecule has 16 heavy (non-hydrogen) atoms. The Bertz CT molecular complexity index is 416. The molecular weight excluding hydrogens is 265 g/mol. The maximum absolute atomic E-state index is 11.2. The number of nitrogens with one attached hydrogen (secondary N) is 1. The van der Waals surface area contributed by atoms with Crippen molar-refractivity contribution in [2.24, 2.45) is 0 Å². The van der Waals surface area contributed by atoms with Crippen molar-refractivity contribution >= 4 is 25.9 Å². The first-order valence-corrected chi connectivity index (χ1v) is 6.82. The van der Waals surface area contributed by atoms with Gasteiger partial charge in [0.05, 0.1) is 6.26 Å². The molecular formula is C7H8NNaO5S2. The van der Waals surface area contributed by atoms with Gasteiger partial charge in [-0.2, -0.15) is 0 Å². The average Bonchev–Trinajstić information content (AvgIpc) is 2.63. The van der Waals surface area contributed by atoms with Gasteiger partial charge in [0, 0.05) is 12.3 Å². The predicted molar refractivity (Wildman–Crippen MR) is 53.2 cm³/mol. The van der Waals surface area contributed by atoms with Crippen molar-refractivity contribution in [2.45, 2.75) is 0 Å². The molecule has 1 heterocycles. The molecule has 1 rings (SSSR count). The molecule has 0 aliphatic heterocycles. The number of hydrogen-bond acceptors (Lipinski definition) is 6. The SMILES string of the molecule is O=C(NCCSS(=O)(=O)[O-])c1ccco1.[Na+]. The Morgan fingerprint density at radius 1 is 1.56 bits per heavy atom. The number of amides is 1. The zero-order chi connectivity index (χ0) is 11.3. The van der Waals surface area contributed by atoms with Crippen LogP contribution in [0.5, 0.6) is 0 Å². The van der Waals surface area contributed by atoms with Crippen molar-refractivity contribution in [2.75, 3.05) is 12.3 Å². The van der Waals surface area contributed by atoms with Crippen LogP contribution in [-0.2, 0) is 9.15 Å². The van der Waals surface area contributed by atoms with Crippen molar-refractivity contribution in [3.8, 4) is 0 Å². The summed E-state index contributed by atoms with van der Waals surface area (Å²) in [6.45, 7) is 0.0890. The molecule has 1 N–H and O–H groups in total. The predicted octanol–water partition coefficient (Wildman–Crippen LogP) is -2.79. The van der Waals surface area contributed by atoms with Crippen molar-refractivity contribution in [3.63, 3.8) is 0 Å². The van der Waals surface area contributed by atoms with Gasteiger partial charge in [0.2, 0.25) is 0 Å². The van der Waals surface area contributed by atoms with Crippen LogP contribution in [0.1, 0.15) is 10.6 Å². The molecule has 0 unspecified atom stereocenters. The quantitative estimate of drug-likeness (QED) is 0.269. The van der Waals surface area contributed by atoms with Gasteiger partial charge in [0.15, 0.2) is 5.76 Å². The zero-order valence-electron chi connectivity index (χ0n) is 8.50. The summed E-state index contributed by atoms with van der Waals surface area (Å²) < 4.78 is 35.3. The Hall–Kier alpha value is 0.0100. The summed E-state index contributed by atoms with van der Waals surface area (Å²) in [6.07, 6.45) is 1.35. The van der Waals surface area contributed by atoms with E-state index in [4.69, 9.17) is 4.42 Å². The van der Waals surface area contributed by atoms with Crippen LogP contribution in [0, 0.1) is 0 Å². The topological polar surface area (TPSA) is 99.4 Å². The molecule has 1 amide bonds. The fourth-order valence-electron chi connectivity index (χ4n) is 0.803. The van der Waals surface area contributed by atoms with E-state index in [-0.39, 0.29) is 58.4 Å². The maximum Gasteiger partial charge on any atom is 1.00 e. The Labute approximate surface area is 119 Å². The number of furan rings is 1. The summed E-state index contributed by atoms with van der Waals surface area (Å²) >= 11 is 0. The molecule has 84 valence electrons. The summed E-state index contributed by atoms with van der Waals surface area (Å²) in [7, 11) is -4.04. The fourth-order valence-corrected chi connectivity index (χ4v) is 2.06. The van der Waals surface area contributed by atoms with Gasteiger partial charge >= 0.3 is 29.6 Å². The Kier molecular flexibility index (Phi) is 7.36. The molecule has 0 saturated heterocycles. The van der Waals surface area contributed by atoms with E-state index in [2.05, 4.69) is 5.32 Å². The second-order valence-corrected chi connectivity index (χ2v) is 5.86. The summed E-state index contributed by atoms with van der Waals surface area (Å²) in [5, 5.41) is 2.40. The molecule has 9 heteroatoms. The van der Waals surface area contributed by atoms with E-state index in [1.54, 1.807) is 6.07 Å². The summed E-state index contributed by atoms with van der Waals surface area (Å²) in [5.74, 6) is -0.285. The number of carbonyl (C=O) groups is 1. The first kappa shape index (κ1) is 16.0. The second kappa shape index (κ2) is 7.36. The van der Waals surface area contributed by atoms with Gasteiger partial charge < -0.3 is 14.3 Å². The smallest absolute Gasteiger partial charge is 0.739 e.